The van der Waals surface area contributed by atoms with E-state index in [4.69, 9.17) is 4.74 Å². The molecule has 0 aliphatic heterocycles. The summed E-state index contributed by atoms with van der Waals surface area (Å²) in [6, 6.07) is 4.04. The molecule has 0 aromatic carbocycles. The van der Waals surface area contributed by atoms with Gasteiger partial charge < -0.3 is 10.1 Å². The van der Waals surface area contributed by atoms with Crippen LogP contribution in [0.5, 0.6) is 0 Å². The molecule has 0 saturated heterocycles. The third-order valence-electron chi connectivity index (χ3n) is 3.95. The van der Waals surface area contributed by atoms with Crippen LogP contribution < -0.4 is 5.32 Å². The van der Waals surface area contributed by atoms with E-state index in [-0.39, 0.29) is 0 Å². The molecule has 1 heterocycles. The van der Waals surface area contributed by atoms with Gasteiger partial charge in [-0.2, -0.15) is 0 Å². The fourth-order valence-corrected chi connectivity index (χ4v) is 3.37. The van der Waals surface area contributed by atoms with Crippen molar-refractivity contribution >= 4 is 5.82 Å². The Labute approximate surface area is 116 Å². The van der Waals surface area contributed by atoms with Crippen LogP contribution in [-0.2, 0) is 11.3 Å². The molecule has 0 radical (unpaired) electrons. The normalized spacial score (nSPS) is 26.1. The highest BCUT2D eigenvalue weighted by atomic mass is 16.5. The van der Waals surface area contributed by atoms with E-state index in [1.54, 1.807) is 6.20 Å². The minimum absolute atomic E-state index is 0.378. The van der Waals surface area contributed by atoms with Crippen molar-refractivity contribution in [2.45, 2.75) is 52.7 Å². The molecule has 2 unspecified atom stereocenters. The highest BCUT2D eigenvalue weighted by Crippen LogP contribution is 2.39. The van der Waals surface area contributed by atoms with Gasteiger partial charge in [0.25, 0.3) is 0 Å². The molecule has 19 heavy (non-hydrogen) atoms. The molecule has 0 amide bonds. The highest BCUT2D eigenvalue weighted by molar-refractivity contribution is 5.42. The predicted octanol–water partition coefficient (Wildman–Crippen LogP) is 3.85. The second-order valence-electron chi connectivity index (χ2n) is 6.61. The Hall–Kier alpha value is -1.09. The van der Waals surface area contributed by atoms with Crippen LogP contribution in [-0.4, -0.2) is 18.1 Å². The van der Waals surface area contributed by atoms with Gasteiger partial charge in [-0.1, -0.05) is 26.8 Å². The number of aromatic nitrogens is 1. The number of hydrogen-bond acceptors (Lipinski definition) is 3. The molecule has 2 rings (SSSR count). The lowest BCUT2D eigenvalue weighted by Gasteiger charge is -2.38. The van der Waals surface area contributed by atoms with Crippen molar-refractivity contribution in [1.29, 1.82) is 0 Å². The minimum Gasteiger partial charge on any atom is -0.373 e. The molecule has 1 saturated carbocycles. The third kappa shape index (κ3) is 3.93. The van der Waals surface area contributed by atoms with Gasteiger partial charge in [-0.05, 0) is 36.7 Å². The zero-order valence-corrected chi connectivity index (χ0v) is 12.6. The molecule has 2 atom stereocenters. The van der Waals surface area contributed by atoms with E-state index in [1.807, 2.05) is 13.1 Å². The Morgan fingerprint density at radius 1 is 1.42 bits per heavy atom. The lowest BCUT2D eigenvalue weighted by molar-refractivity contribution is -0.0315. The molecule has 1 aromatic heterocycles. The Bertz CT molecular complexity index is 417. The Balaban J connectivity index is 1.95. The number of nitrogens with zero attached hydrogens (tertiary/aromatic N) is 1. The maximum absolute atomic E-state index is 6.14. The molecule has 1 fully saturated rings. The lowest BCUT2D eigenvalue weighted by atomic mass is 9.71. The average Bonchev–Trinajstić information content (AvgIpc) is 2.34. The summed E-state index contributed by atoms with van der Waals surface area (Å²) in [6.07, 6.45) is 5.83. The smallest absolute Gasteiger partial charge is 0.131 e. The van der Waals surface area contributed by atoms with Crippen LogP contribution in [0.25, 0.3) is 0 Å². The Morgan fingerprint density at radius 3 is 2.89 bits per heavy atom. The number of ether oxygens (including phenoxy) is 1. The summed E-state index contributed by atoms with van der Waals surface area (Å²) in [5, 5.41) is 3.12. The van der Waals surface area contributed by atoms with E-state index in [0.717, 1.165) is 23.7 Å². The van der Waals surface area contributed by atoms with Crippen molar-refractivity contribution in [2.75, 3.05) is 12.4 Å². The molecule has 1 aromatic rings. The van der Waals surface area contributed by atoms with Crippen LogP contribution in [0.15, 0.2) is 18.3 Å². The summed E-state index contributed by atoms with van der Waals surface area (Å²) in [5.41, 5.74) is 1.55. The van der Waals surface area contributed by atoms with Gasteiger partial charge in [0.05, 0.1) is 12.7 Å². The van der Waals surface area contributed by atoms with Gasteiger partial charge >= 0.3 is 0 Å². The maximum atomic E-state index is 6.14. The fourth-order valence-electron chi connectivity index (χ4n) is 3.37. The zero-order valence-electron chi connectivity index (χ0n) is 12.6. The van der Waals surface area contributed by atoms with E-state index in [9.17, 15) is 0 Å². The van der Waals surface area contributed by atoms with Gasteiger partial charge in [-0.25, -0.2) is 4.98 Å². The largest absolute Gasteiger partial charge is 0.373 e. The number of rotatable bonds is 4. The average molecular weight is 262 g/mol. The van der Waals surface area contributed by atoms with Gasteiger partial charge in [0.1, 0.15) is 5.82 Å². The number of hydrogen-bond donors (Lipinski definition) is 1. The van der Waals surface area contributed by atoms with Crippen LogP contribution >= 0.6 is 0 Å². The molecule has 0 spiro atoms. The summed E-state index contributed by atoms with van der Waals surface area (Å²) in [7, 11) is 1.90. The SMILES string of the molecule is CNc1ncccc1COC1CC(C)CC(C)(C)C1. The summed E-state index contributed by atoms with van der Waals surface area (Å²) in [6.45, 7) is 7.68. The third-order valence-corrected chi connectivity index (χ3v) is 3.95. The van der Waals surface area contributed by atoms with Crippen LogP contribution in [0.3, 0.4) is 0 Å². The minimum atomic E-state index is 0.378. The first-order valence-corrected chi connectivity index (χ1v) is 7.23. The predicted molar refractivity (Wildman–Crippen MR) is 79.2 cm³/mol. The van der Waals surface area contributed by atoms with Crippen molar-refractivity contribution in [3.63, 3.8) is 0 Å². The standard InChI is InChI=1S/C16H26N2O/c1-12-8-14(10-16(2,3)9-12)19-11-13-6-5-7-18-15(13)17-4/h5-7,12,14H,8-11H2,1-4H3,(H,17,18). The molecule has 3 heteroatoms. The maximum Gasteiger partial charge on any atom is 0.131 e. The highest BCUT2D eigenvalue weighted by Gasteiger charge is 2.32. The van der Waals surface area contributed by atoms with Crippen molar-refractivity contribution in [3.8, 4) is 0 Å². The molecular formula is C16H26N2O. The lowest BCUT2D eigenvalue weighted by Crippen LogP contribution is -2.32. The molecule has 1 aliphatic carbocycles. The van der Waals surface area contributed by atoms with E-state index < -0.39 is 0 Å². The van der Waals surface area contributed by atoms with Gasteiger partial charge in [-0.15, -0.1) is 0 Å². The van der Waals surface area contributed by atoms with Crippen molar-refractivity contribution in [3.05, 3.63) is 23.9 Å². The van der Waals surface area contributed by atoms with Crippen LogP contribution in [0.2, 0.25) is 0 Å². The topological polar surface area (TPSA) is 34.2 Å². The first-order chi connectivity index (χ1) is 9.00. The molecular weight excluding hydrogens is 236 g/mol. The molecule has 106 valence electrons. The van der Waals surface area contributed by atoms with E-state index in [1.165, 1.54) is 12.8 Å². The van der Waals surface area contributed by atoms with Gasteiger partial charge in [0.2, 0.25) is 0 Å². The molecule has 1 N–H and O–H groups in total. The monoisotopic (exact) mass is 262 g/mol. The summed E-state index contributed by atoms with van der Waals surface area (Å²) in [4.78, 5) is 4.31. The van der Waals surface area contributed by atoms with E-state index in [0.29, 0.717) is 18.1 Å². The van der Waals surface area contributed by atoms with Gasteiger partial charge in [-0.3, -0.25) is 0 Å². The second kappa shape index (κ2) is 5.91. The second-order valence-corrected chi connectivity index (χ2v) is 6.61. The number of pyridine rings is 1. The molecule has 3 nitrogen and oxygen atoms in total. The number of nitrogens with one attached hydrogen (secondary N) is 1. The van der Waals surface area contributed by atoms with Crippen molar-refractivity contribution in [2.24, 2.45) is 11.3 Å². The summed E-state index contributed by atoms with van der Waals surface area (Å²) in [5.74, 6) is 1.68. The van der Waals surface area contributed by atoms with Crippen molar-refractivity contribution < 1.29 is 4.74 Å². The number of anilines is 1. The van der Waals surface area contributed by atoms with Crippen LogP contribution in [0, 0.1) is 11.3 Å². The first-order valence-electron chi connectivity index (χ1n) is 7.23. The van der Waals surface area contributed by atoms with Gasteiger partial charge in [0, 0.05) is 18.8 Å². The van der Waals surface area contributed by atoms with Crippen LogP contribution in [0.4, 0.5) is 5.82 Å². The van der Waals surface area contributed by atoms with E-state index in [2.05, 4.69) is 37.1 Å². The van der Waals surface area contributed by atoms with Crippen molar-refractivity contribution in [1.82, 2.24) is 4.98 Å². The summed E-state index contributed by atoms with van der Waals surface area (Å²) < 4.78 is 6.14. The van der Waals surface area contributed by atoms with Gasteiger partial charge in [0.15, 0.2) is 0 Å². The molecule has 1 aliphatic rings. The zero-order chi connectivity index (χ0) is 13.9. The quantitative estimate of drug-likeness (QED) is 0.894. The fraction of sp³-hybridized carbons (Fsp3) is 0.688. The first kappa shape index (κ1) is 14.3. The van der Waals surface area contributed by atoms with Crippen LogP contribution in [0.1, 0.15) is 45.6 Å². The summed E-state index contributed by atoms with van der Waals surface area (Å²) >= 11 is 0. The molecule has 0 bridgehead atoms. The Morgan fingerprint density at radius 2 is 2.21 bits per heavy atom. The van der Waals surface area contributed by atoms with E-state index >= 15 is 0 Å². The Kier molecular flexibility index (Phi) is 4.46.